The van der Waals surface area contributed by atoms with Crippen LogP contribution in [0.2, 0.25) is 10.0 Å². The highest BCUT2D eigenvalue weighted by molar-refractivity contribution is 6.35. The van der Waals surface area contributed by atoms with Gasteiger partial charge in [0.05, 0.1) is 23.5 Å². The minimum Gasteiger partial charge on any atom is -0.482 e. The Balaban J connectivity index is 2.87. The van der Waals surface area contributed by atoms with E-state index in [-0.39, 0.29) is 12.5 Å². The molecule has 170 valence electrons. The zero-order valence-corrected chi connectivity index (χ0v) is 20.2. The topological polar surface area (TPSA) is 71.1 Å². The number of benzene rings is 1. The van der Waals surface area contributed by atoms with Gasteiger partial charge in [-0.05, 0) is 52.3 Å². The third-order valence-corrected chi connectivity index (χ3v) is 4.82. The first kappa shape index (κ1) is 26.5. The van der Waals surface area contributed by atoms with E-state index in [1.54, 1.807) is 59.9 Å². The van der Waals surface area contributed by atoms with Gasteiger partial charge in [-0.1, -0.05) is 37.0 Å². The second-order valence-corrected chi connectivity index (χ2v) is 9.02. The van der Waals surface area contributed by atoms with Crippen LogP contribution in [0, 0.1) is 5.92 Å². The molecule has 1 aromatic carbocycles. The molecule has 0 spiro atoms. The van der Waals surface area contributed by atoms with Crippen LogP contribution in [0.15, 0.2) is 18.2 Å². The highest BCUT2D eigenvalue weighted by atomic mass is 35.5. The van der Waals surface area contributed by atoms with Crippen LogP contribution >= 0.6 is 23.2 Å². The molecule has 0 aliphatic carbocycles. The maximum absolute atomic E-state index is 12.6. The lowest BCUT2D eigenvalue weighted by molar-refractivity contribution is -0.167. The molecule has 0 fully saturated rings. The number of hydrogen-bond acceptors (Lipinski definition) is 6. The second-order valence-electron chi connectivity index (χ2n) is 8.17. The second kappa shape index (κ2) is 11.8. The lowest BCUT2D eigenvalue weighted by Crippen LogP contribution is -2.44. The number of halogens is 2. The van der Waals surface area contributed by atoms with E-state index >= 15 is 0 Å². The number of hydrogen-bond donors (Lipinski definition) is 0. The van der Waals surface area contributed by atoms with Crippen LogP contribution in [0.4, 0.5) is 0 Å². The van der Waals surface area contributed by atoms with E-state index in [4.69, 9.17) is 42.1 Å². The first-order valence-corrected chi connectivity index (χ1v) is 10.7. The van der Waals surface area contributed by atoms with Crippen molar-refractivity contribution in [3.63, 3.8) is 0 Å². The lowest BCUT2D eigenvalue weighted by atomic mass is 10.1. The smallest absolute Gasteiger partial charge is 0.309 e. The molecule has 0 heterocycles. The van der Waals surface area contributed by atoms with Crippen molar-refractivity contribution in [2.75, 3.05) is 7.11 Å². The summed E-state index contributed by atoms with van der Waals surface area (Å²) >= 11 is 12.2. The minimum atomic E-state index is -0.662. The first-order chi connectivity index (χ1) is 13.9. The quantitative estimate of drug-likeness (QED) is 0.429. The summed E-state index contributed by atoms with van der Waals surface area (Å²) in [6.45, 7) is 10.6. The molecule has 6 nitrogen and oxygen atoms in total. The van der Waals surface area contributed by atoms with E-state index in [9.17, 15) is 9.59 Å². The zero-order chi connectivity index (χ0) is 23.1. The van der Waals surface area contributed by atoms with Gasteiger partial charge in [-0.15, -0.1) is 0 Å². The van der Waals surface area contributed by atoms with Crippen LogP contribution < -0.4 is 4.74 Å². The van der Waals surface area contributed by atoms with Gasteiger partial charge in [0.25, 0.3) is 0 Å². The summed E-state index contributed by atoms with van der Waals surface area (Å²) < 4.78 is 22.4. The average Bonchev–Trinajstić information content (AvgIpc) is 2.61. The van der Waals surface area contributed by atoms with Crippen LogP contribution in [-0.2, 0) is 23.8 Å². The summed E-state index contributed by atoms with van der Waals surface area (Å²) in [5.41, 5.74) is -0.613. The van der Waals surface area contributed by atoms with Gasteiger partial charge in [-0.25, -0.2) is 0 Å². The number of carbonyl (C=O) groups is 2. The van der Waals surface area contributed by atoms with Gasteiger partial charge in [-0.2, -0.15) is 0 Å². The molecule has 0 unspecified atom stereocenters. The van der Waals surface area contributed by atoms with E-state index in [1.807, 2.05) is 6.92 Å². The largest absolute Gasteiger partial charge is 0.482 e. The van der Waals surface area contributed by atoms with E-state index in [0.717, 1.165) is 0 Å². The molecule has 1 aromatic rings. The van der Waals surface area contributed by atoms with Crippen LogP contribution in [0.5, 0.6) is 5.75 Å². The van der Waals surface area contributed by atoms with Gasteiger partial charge in [0.1, 0.15) is 17.5 Å². The summed E-state index contributed by atoms with van der Waals surface area (Å²) in [4.78, 5) is 24.6. The van der Waals surface area contributed by atoms with Gasteiger partial charge < -0.3 is 18.9 Å². The van der Waals surface area contributed by atoms with Crippen LogP contribution in [0.3, 0.4) is 0 Å². The minimum absolute atomic E-state index is 0.0706. The Bertz CT molecular complexity index is 712. The standard InChI is InChI=1S/C22H32Cl2O6/c1-8-17(27-7)20(29-18-10-9-15(23)12-16(18)24)14(3)28-21(26)13(2)11-19(25)30-22(4,5)6/h9-10,12-14,17,20H,8,11H2,1-7H3/t13-,14+,17+,20+/m1/s1. The van der Waals surface area contributed by atoms with Crippen molar-refractivity contribution in [3.05, 3.63) is 28.2 Å². The van der Waals surface area contributed by atoms with Gasteiger partial charge in [0, 0.05) is 12.1 Å². The molecule has 1 rings (SSSR count). The molecule has 0 saturated carbocycles. The average molecular weight is 463 g/mol. The van der Waals surface area contributed by atoms with Crippen molar-refractivity contribution in [1.29, 1.82) is 0 Å². The third-order valence-electron chi connectivity index (χ3n) is 4.29. The molecule has 30 heavy (non-hydrogen) atoms. The van der Waals surface area contributed by atoms with Crippen LogP contribution in [0.25, 0.3) is 0 Å². The van der Waals surface area contributed by atoms with Crippen molar-refractivity contribution >= 4 is 35.1 Å². The fourth-order valence-corrected chi connectivity index (χ4v) is 3.26. The Morgan fingerprint density at radius 3 is 2.27 bits per heavy atom. The van der Waals surface area contributed by atoms with Gasteiger partial charge in [0.2, 0.25) is 0 Å². The molecule has 0 aromatic heterocycles. The summed E-state index contributed by atoms with van der Waals surface area (Å²) in [6, 6.07) is 4.88. The molecular formula is C22H32Cl2O6. The van der Waals surface area contributed by atoms with Crippen molar-refractivity contribution < 1.29 is 28.5 Å². The lowest BCUT2D eigenvalue weighted by Gasteiger charge is -2.31. The normalized spacial score (nSPS) is 15.6. The monoisotopic (exact) mass is 462 g/mol. The highest BCUT2D eigenvalue weighted by Crippen LogP contribution is 2.30. The number of carbonyl (C=O) groups excluding carboxylic acids is 2. The zero-order valence-electron chi connectivity index (χ0n) is 18.7. The van der Waals surface area contributed by atoms with Crippen molar-refractivity contribution in [2.24, 2.45) is 5.92 Å². The molecule has 0 N–H and O–H groups in total. The summed E-state index contributed by atoms with van der Waals surface area (Å²) in [5, 5.41) is 0.827. The van der Waals surface area contributed by atoms with Crippen LogP contribution in [0.1, 0.15) is 54.4 Å². The molecule has 0 aliphatic rings. The fourth-order valence-electron chi connectivity index (χ4n) is 2.81. The van der Waals surface area contributed by atoms with E-state index in [2.05, 4.69) is 0 Å². The molecule has 0 radical (unpaired) electrons. The first-order valence-electron chi connectivity index (χ1n) is 9.94. The Hall–Kier alpha value is -1.50. The van der Waals surface area contributed by atoms with Gasteiger partial charge >= 0.3 is 11.9 Å². The number of rotatable bonds is 10. The summed E-state index contributed by atoms with van der Waals surface area (Å²) in [5.74, 6) is -1.23. The third kappa shape index (κ3) is 8.70. The Kier molecular flexibility index (Phi) is 10.4. The van der Waals surface area contributed by atoms with Gasteiger partial charge in [-0.3, -0.25) is 9.59 Å². The maximum Gasteiger partial charge on any atom is 0.309 e. The van der Waals surface area contributed by atoms with Crippen molar-refractivity contribution in [2.45, 2.75) is 78.3 Å². The van der Waals surface area contributed by atoms with Crippen molar-refractivity contribution in [3.8, 4) is 5.75 Å². The summed E-state index contributed by atoms with van der Waals surface area (Å²) in [6.07, 6.45) is -1.06. The fraction of sp³-hybridized carbons (Fsp3) is 0.636. The predicted molar refractivity (Wildman–Crippen MR) is 117 cm³/mol. The molecule has 4 atom stereocenters. The SMILES string of the molecule is CC[C@H](OC)[C@@H](Oc1ccc(Cl)cc1Cl)[C@H](C)OC(=O)[C@H](C)CC(=O)OC(C)(C)C. The Morgan fingerprint density at radius 1 is 1.13 bits per heavy atom. The number of methoxy groups -OCH3 is 1. The van der Waals surface area contributed by atoms with E-state index in [1.165, 1.54) is 0 Å². The van der Waals surface area contributed by atoms with E-state index < -0.39 is 35.7 Å². The van der Waals surface area contributed by atoms with E-state index in [0.29, 0.717) is 22.2 Å². The molecule has 0 amide bonds. The molecule has 0 aliphatic heterocycles. The highest BCUT2D eigenvalue weighted by Gasteiger charge is 2.33. The maximum atomic E-state index is 12.6. The van der Waals surface area contributed by atoms with Crippen molar-refractivity contribution in [1.82, 2.24) is 0 Å². The molecule has 8 heteroatoms. The van der Waals surface area contributed by atoms with Gasteiger partial charge in [0.15, 0.2) is 6.10 Å². The van der Waals surface area contributed by atoms with Crippen LogP contribution in [-0.4, -0.2) is 43.0 Å². The number of ether oxygens (including phenoxy) is 4. The molecule has 0 saturated heterocycles. The summed E-state index contributed by atoms with van der Waals surface area (Å²) in [7, 11) is 1.56. The number of esters is 2. The Morgan fingerprint density at radius 2 is 1.77 bits per heavy atom. The Labute approximate surface area is 189 Å². The molecular weight excluding hydrogens is 431 g/mol. The predicted octanol–water partition coefficient (Wildman–Crippen LogP) is 5.47. The molecule has 0 bridgehead atoms.